The van der Waals surface area contributed by atoms with E-state index in [1.54, 1.807) is 4.31 Å². The molecule has 0 aromatic carbocycles. The summed E-state index contributed by atoms with van der Waals surface area (Å²) in [6.45, 7) is 6.12. The Labute approximate surface area is 110 Å². The van der Waals surface area contributed by atoms with Crippen LogP contribution in [0.4, 0.5) is 0 Å². The zero-order valence-corrected chi connectivity index (χ0v) is 12.0. The molecule has 0 amide bonds. The van der Waals surface area contributed by atoms with E-state index in [4.69, 9.17) is 0 Å². The molecule has 2 atom stereocenters. The van der Waals surface area contributed by atoms with E-state index in [0.29, 0.717) is 31.5 Å². The van der Waals surface area contributed by atoms with Crippen LogP contribution in [0.1, 0.15) is 32.6 Å². The van der Waals surface area contributed by atoms with Crippen LogP contribution in [0.3, 0.4) is 0 Å². The summed E-state index contributed by atoms with van der Waals surface area (Å²) in [6.07, 6.45) is 4.19. The van der Waals surface area contributed by atoms with E-state index in [0.717, 1.165) is 38.8 Å². The standard InChI is InChI=1S/C12H25N3O2S/c1-11-9-13-6-5-12(11)10-14-18(16,17)15-7-3-2-4-8-15/h11-14H,2-10H2,1H3. The molecule has 2 N–H and O–H groups in total. The average Bonchev–Trinajstić information content (AvgIpc) is 2.39. The van der Waals surface area contributed by atoms with Gasteiger partial charge >= 0.3 is 0 Å². The molecule has 2 rings (SSSR count). The average molecular weight is 275 g/mol. The van der Waals surface area contributed by atoms with E-state index in [1.807, 2.05) is 0 Å². The Bertz CT molecular complexity index is 352. The molecule has 5 nitrogen and oxygen atoms in total. The van der Waals surface area contributed by atoms with Crippen LogP contribution in [-0.4, -0.2) is 45.4 Å². The topological polar surface area (TPSA) is 61.4 Å². The van der Waals surface area contributed by atoms with E-state index in [9.17, 15) is 8.42 Å². The maximum absolute atomic E-state index is 12.1. The highest BCUT2D eigenvalue weighted by Crippen LogP contribution is 2.18. The van der Waals surface area contributed by atoms with Crippen molar-refractivity contribution >= 4 is 10.2 Å². The number of rotatable bonds is 4. The van der Waals surface area contributed by atoms with E-state index in [2.05, 4.69) is 17.0 Å². The van der Waals surface area contributed by atoms with Crippen molar-refractivity contribution in [3.8, 4) is 0 Å². The van der Waals surface area contributed by atoms with Crippen molar-refractivity contribution in [2.45, 2.75) is 32.6 Å². The van der Waals surface area contributed by atoms with Crippen LogP contribution in [0.25, 0.3) is 0 Å². The Balaban J connectivity index is 1.84. The summed E-state index contributed by atoms with van der Waals surface area (Å²) >= 11 is 0. The molecule has 2 unspecified atom stereocenters. The van der Waals surface area contributed by atoms with Gasteiger partial charge in [0.25, 0.3) is 10.2 Å². The molecule has 0 aliphatic carbocycles. The summed E-state index contributed by atoms with van der Waals surface area (Å²) in [5.74, 6) is 1.01. The first-order valence-corrected chi connectivity index (χ1v) is 8.49. The zero-order chi connectivity index (χ0) is 13.0. The van der Waals surface area contributed by atoms with Gasteiger partial charge in [-0.15, -0.1) is 0 Å². The first-order valence-electron chi connectivity index (χ1n) is 7.05. The first kappa shape index (κ1) is 14.2. The highest BCUT2D eigenvalue weighted by molar-refractivity contribution is 7.87. The summed E-state index contributed by atoms with van der Waals surface area (Å²) in [5, 5.41) is 3.34. The minimum Gasteiger partial charge on any atom is -0.316 e. The zero-order valence-electron chi connectivity index (χ0n) is 11.2. The Morgan fingerprint density at radius 1 is 1.28 bits per heavy atom. The highest BCUT2D eigenvalue weighted by atomic mass is 32.2. The third-order valence-corrected chi connectivity index (χ3v) is 5.72. The quantitative estimate of drug-likeness (QED) is 0.788. The first-order chi connectivity index (χ1) is 8.59. The molecule has 2 aliphatic heterocycles. The summed E-state index contributed by atoms with van der Waals surface area (Å²) in [4.78, 5) is 0. The fourth-order valence-electron chi connectivity index (χ4n) is 2.78. The molecule has 18 heavy (non-hydrogen) atoms. The fraction of sp³-hybridized carbons (Fsp3) is 1.00. The summed E-state index contributed by atoms with van der Waals surface area (Å²) in [6, 6.07) is 0. The maximum Gasteiger partial charge on any atom is 0.279 e. The minimum absolute atomic E-state index is 0.464. The molecule has 0 saturated carbocycles. The lowest BCUT2D eigenvalue weighted by molar-refractivity contribution is 0.270. The van der Waals surface area contributed by atoms with Gasteiger partial charge in [0.2, 0.25) is 0 Å². The van der Waals surface area contributed by atoms with Crippen molar-refractivity contribution < 1.29 is 8.42 Å². The molecule has 2 aliphatic rings. The van der Waals surface area contributed by atoms with Gasteiger partial charge < -0.3 is 5.32 Å². The van der Waals surface area contributed by atoms with Crippen LogP contribution in [0, 0.1) is 11.8 Å². The van der Waals surface area contributed by atoms with Crippen molar-refractivity contribution in [1.82, 2.24) is 14.3 Å². The fourth-order valence-corrected chi connectivity index (χ4v) is 4.13. The lowest BCUT2D eigenvalue weighted by Gasteiger charge is -2.31. The molecule has 106 valence electrons. The number of piperidine rings is 2. The van der Waals surface area contributed by atoms with Gasteiger partial charge in [0, 0.05) is 19.6 Å². The second-order valence-corrected chi connectivity index (χ2v) is 7.30. The van der Waals surface area contributed by atoms with Crippen molar-refractivity contribution in [3.63, 3.8) is 0 Å². The minimum atomic E-state index is -3.24. The molecular formula is C12H25N3O2S. The van der Waals surface area contributed by atoms with Crippen LogP contribution in [0.15, 0.2) is 0 Å². The van der Waals surface area contributed by atoms with Crippen molar-refractivity contribution in [3.05, 3.63) is 0 Å². The molecule has 0 spiro atoms. The lowest BCUT2D eigenvalue weighted by atomic mass is 9.88. The molecular weight excluding hydrogens is 250 g/mol. The van der Waals surface area contributed by atoms with Gasteiger partial charge in [-0.1, -0.05) is 13.3 Å². The van der Waals surface area contributed by atoms with Crippen LogP contribution >= 0.6 is 0 Å². The monoisotopic (exact) mass is 275 g/mol. The van der Waals surface area contributed by atoms with Crippen molar-refractivity contribution in [2.75, 3.05) is 32.7 Å². The number of nitrogens with one attached hydrogen (secondary N) is 2. The highest BCUT2D eigenvalue weighted by Gasteiger charge is 2.27. The molecule has 0 bridgehead atoms. The van der Waals surface area contributed by atoms with Gasteiger partial charge in [0.05, 0.1) is 0 Å². The summed E-state index contributed by atoms with van der Waals surface area (Å²) < 4.78 is 28.7. The van der Waals surface area contributed by atoms with Gasteiger partial charge in [0.15, 0.2) is 0 Å². The number of nitrogens with zero attached hydrogens (tertiary/aromatic N) is 1. The van der Waals surface area contributed by atoms with E-state index >= 15 is 0 Å². The van der Waals surface area contributed by atoms with Crippen molar-refractivity contribution in [2.24, 2.45) is 11.8 Å². The molecule has 0 radical (unpaired) electrons. The van der Waals surface area contributed by atoms with Crippen molar-refractivity contribution in [1.29, 1.82) is 0 Å². The van der Waals surface area contributed by atoms with Gasteiger partial charge in [0.1, 0.15) is 0 Å². The van der Waals surface area contributed by atoms with E-state index < -0.39 is 10.2 Å². The normalized spacial score (nSPS) is 31.4. The Morgan fingerprint density at radius 3 is 2.67 bits per heavy atom. The smallest absolute Gasteiger partial charge is 0.279 e. The van der Waals surface area contributed by atoms with Gasteiger partial charge in [-0.25, -0.2) is 4.72 Å². The number of hydrogen-bond acceptors (Lipinski definition) is 3. The second-order valence-electron chi connectivity index (χ2n) is 5.54. The molecule has 0 aromatic rings. The Hall–Kier alpha value is -0.170. The van der Waals surface area contributed by atoms with Crippen LogP contribution in [-0.2, 0) is 10.2 Å². The summed E-state index contributed by atoms with van der Waals surface area (Å²) in [5.41, 5.74) is 0. The summed E-state index contributed by atoms with van der Waals surface area (Å²) in [7, 11) is -3.24. The van der Waals surface area contributed by atoms with Gasteiger partial charge in [-0.05, 0) is 44.2 Å². The molecule has 2 heterocycles. The van der Waals surface area contributed by atoms with Crippen LogP contribution in [0.5, 0.6) is 0 Å². The van der Waals surface area contributed by atoms with E-state index in [1.165, 1.54) is 0 Å². The van der Waals surface area contributed by atoms with Crippen LogP contribution < -0.4 is 10.0 Å². The lowest BCUT2D eigenvalue weighted by Crippen LogP contribution is -2.47. The third-order valence-electron chi connectivity index (χ3n) is 4.15. The largest absolute Gasteiger partial charge is 0.316 e. The molecule has 0 aromatic heterocycles. The number of hydrogen-bond donors (Lipinski definition) is 2. The Morgan fingerprint density at radius 2 is 2.00 bits per heavy atom. The van der Waals surface area contributed by atoms with E-state index in [-0.39, 0.29) is 0 Å². The Kier molecular flexibility index (Phi) is 5.00. The molecule has 2 saturated heterocycles. The predicted molar refractivity (Wildman–Crippen MR) is 72.5 cm³/mol. The van der Waals surface area contributed by atoms with Gasteiger partial charge in [-0.2, -0.15) is 12.7 Å². The third kappa shape index (κ3) is 3.66. The molecule has 2 fully saturated rings. The SMILES string of the molecule is CC1CNCCC1CNS(=O)(=O)N1CCCCC1. The van der Waals surface area contributed by atoms with Crippen LogP contribution in [0.2, 0.25) is 0 Å². The maximum atomic E-state index is 12.1. The molecule has 6 heteroatoms. The predicted octanol–water partition coefficient (Wildman–Crippen LogP) is 0.552. The van der Waals surface area contributed by atoms with Gasteiger partial charge in [-0.3, -0.25) is 0 Å². The second kappa shape index (κ2) is 6.32.